The van der Waals surface area contributed by atoms with Crippen LogP contribution in [0.3, 0.4) is 0 Å². The van der Waals surface area contributed by atoms with Gasteiger partial charge in [-0.25, -0.2) is 14.5 Å². The van der Waals surface area contributed by atoms with Gasteiger partial charge in [0.05, 0.1) is 25.2 Å². The number of aromatic nitrogens is 3. The van der Waals surface area contributed by atoms with E-state index in [4.69, 9.17) is 4.74 Å². The third kappa shape index (κ3) is 4.30. The summed E-state index contributed by atoms with van der Waals surface area (Å²) in [6.07, 6.45) is 4.74. The molecule has 0 bridgehead atoms. The van der Waals surface area contributed by atoms with Gasteiger partial charge in [0.2, 0.25) is 5.91 Å². The normalized spacial score (nSPS) is 16.0. The van der Waals surface area contributed by atoms with Crippen LogP contribution in [0.15, 0.2) is 42.7 Å². The molecular weight excluding hydrogens is 396 g/mol. The van der Waals surface area contributed by atoms with Gasteiger partial charge in [0, 0.05) is 23.7 Å². The summed E-state index contributed by atoms with van der Waals surface area (Å²) < 4.78 is 6.97. The van der Waals surface area contributed by atoms with Gasteiger partial charge in [-0.3, -0.25) is 4.79 Å². The summed E-state index contributed by atoms with van der Waals surface area (Å²) in [6.45, 7) is 4.59. The molecule has 1 atom stereocenters. The second-order valence-corrected chi connectivity index (χ2v) is 7.82. The van der Waals surface area contributed by atoms with Crippen LogP contribution in [0.5, 0.6) is 5.75 Å². The van der Waals surface area contributed by atoms with Gasteiger partial charge in [0.1, 0.15) is 11.8 Å². The van der Waals surface area contributed by atoms with E-state index in [9.17, 15) is 9.59 Å². The summed E-state index contributed by atoms with van der Waals surface area (Å²) in [6, 6.07) is 8.29. The van der Waals surface area contributed by atoms with Crippen molar-refractivity contribution in [2.24, 2.45) is 0 Å². The van der Waals surface area contributed by atoms with E-state index >= 15 is 0 Å². The van der Waals surface area contributed by atoms with Crippen molar-refractivity contribution in [2.45, 2.75) is 38.8 Å². The number of ether oxygens (including phenoxy) is 1. The Kier molecular flexibility index (Phi) is 5.75. The number of pyridine rings is 1. The summed E-state index contributed by atoms with van der Waals surface area (Å²) in [5, 5.41) is 10.9. The number of hydrogen-bond acceptors (Lipinski definition) is 5. The zero-order valence-corrected chi connectivity index (χ0v) is 17.8. The molecule has 3 aromatic rings. The molecule has 0 aliphatic carbocycles. The van der Waals surface area contributed by atoms with Crippen molar-refractivity contribution < 1.29 is 14.3 Å². The molecule has 1 aliphatic heterocycles. The standard InChI is InChI=1S/C22H26N6O3/c1-14(2)28-20-15(12-24-28)11-17(13-23-20)26-22(30)27-10-4-5-19(27)21(29)25-16-6-8-18(31-3)9-7-16/h6-9,11-14,19H,4-5,10H2,1-3H3,(H,25,29)(H,26,30)/t19-/m1/s1. The van der Waals surface area contributed by atoms with Crippen LogP contribution in [0.1, 0.15) is 32.7 Å². The molecule has 31 heavy (non-hydrogen) atoms. The molecule has 2 aromatic heterocycles. The number of urea groups is 1. The van der Waals surface area contributed by atoms with E-state index in [1.54, 1.807) is 48.7 Å². The average molecular weight is 422 g/mol. The van der Waals surface area contributed by atoms with Crippen molar-refractivity contribution >= 4 is 34.3 Å². The Morgan fingerprint density at radius 1 is 1.13 bits per heavy atom. The van der Waals surface area contributed by atoms with Crippen LogP contribution in [0.4, 0.5) is 16.2 Å². The average Bonchev–Trinajstić information content (AvgIpc) is 3.41. The zero-order chi connectivity index (χ0) is 22.0. The van der Waals surface area contributed by atoms with Gasteiger partial charge in [-0.05, 0) is 57.0 Å². The van der Waals surface area contributed by atoms with Crippen LogP contribution in [-0.4, -0.2) is 51.3 Å². The highest BCUT2D eigenvalue weighted by Gasteiger charge is 2.34. The molecule has 3 heterocycles. The quantitative estimate of drug-likeness (QED) is 0.653. The minimum atomic E-state index is -0.525. The molecule has 9 nitrogen and oxygen atoms in total. The highest BCUT2D eigenvalue weighted by molar-refractivity contribution is 6.00. The number of likely N-dealkylation sites (tertiary alicyclic amines) is 1. The van der Waals surface area contributed by atoms with Crippen molar-refractivity contribution in [3.63, 3.8) is 0 Å². The number of rotatable bonds is 5. The van der Waals surface area contributed by atoms with E-state index in [0.717, 1.165) is 17.5 Å². The number of hydrogen-bond donors (Lipinski definition) is 2. The van der Waals surface area contributed by atoms with Gasteiger partial charge in [-0.1, -0.05) is 0 Å². The highest BCUT2D eigenvalue weighted by atomic mass is 16.5. The molecule has 0 spiro atoms. The van der Waals surface area contributed by atoms with Gasteiger partial charge in [-0.2, -0.15) is 5.10 Å². The summed E-state index contributed by atoms with van der Waals surface area (Å²) >= 11 is 0. The largest absolute Gasteiger partial charge is 0.497 e. The molecule has 1 fully saturated rings. The first-order chi connectivity index (χ1) is 15.0. The lowest BCUT2D eigenvalue weighted by Crippen LogP contribution is -2.45. The maximum absolute atomic E-state index is 12.9. The molecule has 3 amide bonds. The van der Waals surface area contributed by atoms with Crippen molar-refractivity contribution in [1.29, 1.82) is 0 Å². The monoisotopic (exact) mass is 422 g/mol. The van der Waals surface area contributed by atoms with Crippen LogP contribution in [-0.2, 0) is 4.79 Å². The second-order valence-electron chi connectivity index (χ2n) is 7.82. The third-order valence-corrected chi connectivity index (χ3v) is 5.35. The van der Waals surface area contributed by atoms with E-state index in [2.05, 4.69) is 20.7 Å². The maximum Gasteiger partial charge on any atom is 0.322 e. The van der Waals surface area contributed by atoms with Gasteiger partial charge in [0.25, 0.3) is 0 Å². The first kappa shape index (κ1) is 20.6. The number of nitrogens with one attached hydrogen (secondary N) is 2. The maximum atomic E-state index is 12.9. The molecular formula is C22H26N6O3. The molecule has 1 aromatic carbocycles. The molecule has 9 heteroatoms. The smallest absolute Gasteiger partial charge is 0.322 e. The van der Waals surface area contributed by atoms with Crippen LogP contribution >= 0.6 is 0 Å². The van der Waals surface area contributed by atoms with Crippen LogP contribution in [0, 0.1) is 0 Å². The van der Waals surface area contributed by atoms with Gasteiger partial charge in [0.15, 0.2) is 5.65 Å². The minimum absolute atomic E-state index is 0.194. The number of anilines is 2. The topological polar surface area (TPSA) is 101 Å². The molecule has 1 aliphatic rings. The molecule has 1 saturated heterocycles. The fourth-order valence-electron chi connectivity index (χ4n) is 3.76. The number of amides is 3. The summed E-state index contributed by atoms with van der Waals surface area (Å²) in [5.41, 5.74) is 2.00. The van der Waals surface area contributed by atoms with Crippen molar-refractivity contribution in [3.8, 4) is 5.75 Å². The summed E-state index contributed by atoms with van der Waals surface area (Å²) in [5.74, 6) is 0.508. The second kappa shape index (κ2) is 8.63. The number of benzene rings is 1. The predicted octanol–water partition coefficient (Wildman–Crippen LogP) is 3.66. The van der Waals surface area contributed by atoms with E-state index in [0.29, 0.717) is 30.1 Å². The lowest BCUT2D eigenvalue weighted by Gasteiger charge is -2.24. The Morgan fingerprint density at radius 2 is 1.90 bits per heavy atom. The number of fused-ring (bicyclic) bond motifs is 1. The van der Waals surface area contributed by atoms with Crippen LogP contribution in [0.25, 0.3) is 11.0 Å². The molecule has 0 unspecified atom stereocenters. The highest BCUT2D eigenvalue weighted by Crippen LogP contribution is 2.23. The molecule has 4 rings (SSSR count). The van der Waals surface area contributed by atoms with E-state index in [1.807, 2.05) is 24.6 Å². The van der Waals surface area contributed by atoms with Crippen LogP contribution in [0.2, 0.25) is 0 Å². The fourth-order valence-corrected chi connectivity index (χ4v) is 3.76. The molecule has 2 N–H and O–H groups in total. The number of carbonyl (C=O) groups excluding carboxylic acids is 2. The summed E-state index contributed by atoms with van der Waals surface area (Å²) in [4.78, 5) is 31.7. The Labute approximate surface area is 180 Å². The van der Waals surface area contributed by atoms with E-state index < -0.39 is 6.04 Å². The lowest BCUT2D eigenvalue weighted by molar-refractivity contribution is -0.119. The minimum Gasteiger partial charge on any atom is -0.497 e. The van der Waals surface area contributed by atoms with E-state index in [-0.39, 0.29) is 18.0 Å². The Hall–Kier alpha value is -3.62. The SMILES string of the molecule is COc1ccc(NC(=O)[C@H]2CCCN2C(=O)Nc2cnc3c(cnn3C(C)C)c2)cc1. The zero-order valence-electron chi connectivity index (χ0n) is 17.8. The van der Waals surface area contributed by atoms with Crippen molar-refractivity contribution in [1.82, 2.24) is 19.7 Å². The van der Waals surface area contributed by atoms with Gasteiger partial charge in [-0.15, -0.1) is 0 Å². The van der Waals surface area contributed by atoms with Crippen molar-refractivity contribution in [2.75, 3.05) is 24.3 Å². The first-order valence-electron chi connectivity index (χ1n) is 10.3. The first-order valence-corrected chi connectivity index (χ1v) is 10.3. The van der Waals surface area contributed by atoms with Crippen LogP contribution < -0.4 is 15.4 Å². The molecule has 0 saturated carbocycles. The third-order valence-electron chi connectivity index (χ3n) is 5.35. The molecule has 162 valence electrons. The Morgan fingerprint density at radius 3 is 2.61 bits per heavy atom. The van der Waals surface area contributed by atoms with E-state index in [1.165, 1.54) is 0 Å². The molecule has 0 radical (unpaired) electrons. The Balaban J connectivity index is 1.43. The van der Waals surface area contributed by atoms with Crippen molar-refractivity contribution in [3.05, 3.63) is 42.7 Å². The lowest BCUT2D eigenvalue weighted by atomic mass is 10.2. The predicted molar refractivity (Wildman–Crippen MR) is 118 cm³/mol. The number of methoxy groups -OCH3 is 1. The summed E-state index contributed by atoms with van der Waals surface area (Å²) in [7, 11) is 1.59. The number of nitrogens with zero attached hydrogens (tertiary/aromatic N) is 4. The number of carbonyl (C=O) groups is 2. The fraction of sp³-hybridized carbons (Fsp3) is 0.364. The van der Waals surface area contributed by atoms with Gasteiger partial charge >= 0.3 is 6.03 Å². The van der Waals surface area contributed by atoms with Gasteiger partial charge < -0.3 is 20.3 Å². The Bertz CT molecular complexity index is 1090.